The van der Waals surface area contributed by atoms with Gasteiger partial charge in [-0.15, -0.1) is 0 Å². The van der Waals surface area contributed by atoms with Gasteiger partial charge in [-0.3, -0.25) is 0 Å². The van der Waals surface area contributed by atoms with Crippen molar-refractivity contribution in [3.8, 4) is 5.75 Å². The van der Waals surface area contributed by atoms with Gasteiger partial charge in [0.2, 0.25) is 0 Å². The van der Waals surface area contributed by atoms with Crippen molar-refractivity contribution in [2.75, 3.05) is 26.2 Å². The summed E-state index contributed by atoms with van der Waals surface area (Å²) in [5.41, 5.74) is 2.24. The highest BCUT2D eigenvalue weighted by atomic mass is 16.5. The van der Waals surface area contributed by atoms with Crippen molar-refractivity contribution in [3.63, 3.8) is 0 Å². The van der Waals surface area contributed by atoms with Crippen LogP contribution in [0.5, 0.6) is 5.75 Å². The van der Waals surface area contributed by atoms with Crippen molar-refractivity contribution >= 4 is 0 Å². The number of rotatable bonds is 6. The minimum atomic E-state index is -0.502. The highest BCUT2D eigenvalue weighted by Crippen LogP contribution is 2.21. The molecule has 1 aliphatic rings. The monoisotopic (exact) mass is 293 g/mol. The van der Waals surface area contributed by atoms with Crippen LogP contribution in [-0.2, 0) is 0 Å². The number of ether oxygens (including phenoxy) is 1. The summed E-state index contributed by atoms with van der Waals surface area (Å²) in [6, 6.07) is 6.09. The zero-order valence-corrected chi connectivity index (χ0v) is 13.2. The SMILES string of the molecule is Cc1ccc(C)c(OCC(O)CN2CCC(C(C)O)C2)c1. The van der Waals surface area contributed by atoms with Gasteiger partial charge in [-0.25, -0.2) is 0 Å². The van der Waals surface area contributed by atoms with Crippen molar-refractivity contribution in [1.29, 1.82) is 0 Å². The van der Waals surface area contributed by atoms with Crippen LogP contribution in [0.4, 0.5) is 0 Å². The van der Waals surface area contributed by atoms with E-state index in [4.69, 9.17) is 4.74 Å². The van der Waals surface area contributed by atoms with Crippen LogP contribution < -0.4 is 4.74 Å². The summed E-state index contributed by atoms with van der Waals surface area (Å²) in [5, 5.41) is 19.7. The van der Waals surface area contributed by atoms with E-state index < -0.39 is 6.10 Å². The lowest BCUT2D eigenvalue weighted by atomic mass is 10.0. The molecule has 118 valence electrons. The molecule has 2 N–H and O–H groups in total. The molecule has 0 spiro atoms. The quantitative estimate of drug-likeness (QED) is 0.839. The number of nitrogens with zero attached hydrogens (tertiary/aromatic N) is 1. The van der Waals surface area contributed by atoms with E-state index in [9.17, 15) is 10.2 Å². The molecular formula is C17H27NO3. The molecule has 1 saturated heterocycles. The fourth-order valence-corrected chi connectivity index (χ4v) is 2.82. The Balaban J connectivity index is 1.77. The molecule has 1 aromatic rings. The molecule has 1 aliphatic heterocycles. The van der Waals surface area contributed by atoms with Crippen LogP contribution in [0.25, 0.3) is 0 Å². The van der Waals surface area contributed by atoms with Crippen LogP contribution in [0.2, 0.25) is 0 Å². The maximum Gasteiger partial charge on any atom is 0.122 e. The zero-order chi connectivity index (χ0) is 15.4. The molecule has 0 amide bonds. The van der Waals surface area contributed by atoms with E-state index in [-0.39, 0.29) is 6.10 Å². The van der Waals surface area contributed by atoms with Crippen molar-refractivity contribution in [1.82, 2.24) is 4.90 Å². The third-order valence-corrected chi connectivity index (χ3v) is 4.23. The Bertz CT molecular complexity index is 461. The van der Waals surface area contributed by atoms with Gasteiger partial charge >= 0.3 is 0 Å². The summed E-state index contributed by atoms with van der Waals surface area (Å²) in [7, 11) is 0. The summed E-state index contributed by atoms with van der Waals surface area (Å²) in [4.78, 5) is 2.20. The van der Waals surface area contributed by atoms with Crippen molar-refractivity contribution in [2.24, 2.45) is 5.92 Å². The molecule has 0 bridgehead atoms. The Labute approximate surface area is 127 Å². The first-order valence-electron chi connectivity index (χ1n) is 7.74. The Morgan fingerprint density at radius 1 is 1.33 bits per heavy atom. The summed E-state index contributed by atoms with van der Waals surface area (Å²) in [5.74, 6) is 1.18. The second kappa shape index (κ2) is 7.25. The Hall–Kier alpha value is -1.10. The minimum Gasteiger partial charge on any atom is -0.491 e. The second-order valence-corrected chi connectivity index (χ2v) is 6.28. The van der Waals surface area contributed by atoms with Crippen LogP contribution in [0.1, 0.15) is 24.5 Å². The fourth-order valence-electron chi connectivity index (χ4n) is 2.82. The number of aliphatic hydroxyl groups is 2. The van der Waals surface area contributed by atoms with Gasteiger partial charge in [0, 0.05) is 13.1 Å². The average molecular weight is 293 g/mol. The second-order valence-electron chi connectivity index (χ2n) is 6.28. The molecule has 3 unspecified atom stereocenters. The summed E-state index contributed by atoms with van der Waals surface area (Å²) >= 11 is 0. The molecule has 4 heteroatoms. The van der Waals surface area contributed by atoms with Crippen LogP contribution >= 0.6 is 0 Å². The number of β-amino-alcohol motifs (C(OH)–C–C–N with tert-alkyl or cyclic N) is 1. The molecule has 1 fully saturated rings. The van der Waals surface area contributed by atoms with E-state index in [1.54, 1.807) is 0 Å². The predicted octanol–water partition coefficient (Wildman–Crippen LogP) is 1.75. The van der Waals surface area contributed by atoms with E-state index in [1.807, 2.05) is 32.9 Å². The number of hydrogen-bond donors (Lipinski definition) is 2. The Kier molecular flexibility index (Phi) is 5.62. The van der Waals surface area contributed by atoms with Gasteiger partial charge in [0.25, 0.3) is 0 Å². The lowest BCUT2D eigenvalue weighted by Gasteiger charge is -2.21. The lowest BCUT2D eigenvalue weighted by Crippen LogP contribution is -2.35. The fraction of sp³-hybridized carbons (Fsp3) is 0.647. The molecule has 4 nitrogen and oxygen atoms in total. The number of benzene rings is 1. The van der Waals surface area contributed by atoms with Gasteiger partial charge in [-0.05, 0) is 56.8 Å². The molecular weight excluding hydrogens is 266 g/mol. The van der Waals surface area contributed by atoms with E-state index in [0.29, 0.717) is 19.1 Å². The lowest BCUT2D eigenvalue weighted by molar-refractivity contribution is 0.0694. The van der Waals surface area contributed by atoms with Crippen LogP contribution in [0.3, 0.4) is 0 Å². The van der Waals surface area contributed by atoms with E-state index in [0.717, 1.165) is 36.4 Å². The van der Waals surface area contributed by atoms with Gasteiger partial charge < -0.3 is 19.8 Å². The van der Waals surface area contributed by atoms with Crippen molar-refractivity contribution < 1.29 is 14.9 Å². The number of aryl methyl sites for hydroxylation is 2. The molecule has 0 radical (unpaired) electrons. The smallest absolute Gasteiger partial charge is 0.122 e. The Morgan fingerprint density at radius 3 is 2.76 bits per heavy atom. The third kappa shape index (κ3) is 4.70. The van der Waals surface area contributed by atoms with Crippen molar-refractivity contribution in [2.45, 2.75) is 39.4 Å². The van der Waals surface area contributed by atoms with Gasteiger partial charge in [0.1, 0.15) is 18.5 Å². The topological polar surface area (TPSA) is 52.9 Å². The first-order valence-corrected chi connectivity index (χ1v) is 7.74. The molecule has 3 atom stereocenters. The van der Waals surface area contributed by atoms with Gasteiger partial charge in [0.15, 0.2) is 0 Å². The highest BCUT2D eigenvalue weighted by molar-refractivity contribution is 5.35. The standard InChI is InChI=1S/C17H27NO3/c1-12-4-5-13(2)17(8-12)21-11-16(20)10-18-7-6-15(9-18)14(3)19/h4-5,8,14-16,19-20H,6-7,9-11H2,1-3H3. The highest BCUT2D eigenvalue weighted by Gasteiger charge is 2.27. The van der Waals surface area contributed by atoms with Gasteiger partial charge in [-0.1, -0.05) is 12.1 Å². The summed E-state index contributed by atoms with van der Waals surface area (Å²) in [6.07, 6.45) is 0.235. The number of aliphatic hydroxyl groups excluding tert-OH is 2. The van der Waals surface area contributed by atoms with Crippen molar-refractivity contribution in [3.05, 3.63) is 29.3 Å². The first kappa shape index (κ1) is 16.3. The summed E-state index contributed by atoms with van der Waals surface area (Å²) < 4.78 is 5.74. The predicted molar refractivity (Wildman–Crippen MR) is 83.6 cm³/mol. The molecule has 0 aromatic heterocycles. The normalized spacial score (nSPS) is 22.2. The molecule has 1 heterocycles. The molecule has 21 heavy (non-hydrogen) atoms. The largest absolute Gasteiger partial charge is 0.491 e. The maximum atomic E-state index is 10.1. The molecule has 1 aromatic carbocycles. The first-order chi connectivity index (χ1) is 9.95. The Morgan fingerprint density at radius 2 is 2.10 bits per heavy atom. The van der Waals surface area contributed by atoms with Crippen LogP contribution in [0.15, 0.2) is 18.2 Å². The van der Waals surface area contributed by atoms with Crippen LogP contribution in [0, 0.1) is 19.8 Å². The zero-order valence-electron chi connectivity index (χ0n) is 13.2. The number of likely N-dealkylation sites (tertiary alicyclic amines) is 1. The molecule has 0 aliphatic carbocycles. The molecule has 0 saturated carbocycles. The van der Waals surface area contributed by atoms with E-state index >= 15 is 0 Å². The molecule has 2 rings (SSSR count). The van der Waals surface area contributed by atoms with Gasteiger partial charge in [0.05, 0.1) is 6.10 Å². The van der Waals surface area contributed by atoms with Crippen LogP contribution in [-0.4, -0.2) is 53.6 Å². The minimum absolute atomic E-state index is 0.265. The van der Waals surface area contributed by atoms with Gasteiger partial charge in [-0.2, -0.15) is 0 Å². The average Bonchev–Trinajstić information content (AvgIpc) is 2.88. The maximum absolute atomic E-state index is 10.1. The number of hydrogen-bond acceptors (Lipinski definition) is 4. The third-order valence-electron chi connectivity index (χ3n) is 4.23. The van der Waals surface area contributed by atoms with E-state index in [1.165, 1.54) is 0 Å². The van der Waals surface area contributed by atoms with E-state index in [2.05, 4.69) is 11.0 Å². The summed E-state index contributed by atoms with van der Waals surface area (Å²) in [6.45, 7) is 8.59.